The molecule has 24 heavy (non-hydrogen) atoms. The summed E-state index contributed by atoms with van der Waals surface area (Å²) in [6.45, 7) is 0. The summed E-state index contributed by atoms with van der Waals surface area (Å²) in [5, 5.41) is 11.7. The number of rotatable bonds is 4. The molecule has 1 aromatic heterocycles. The van der Waals surface area contributed by atoms with Crippen LogP contribution in [-0.2, 0) is 0 Å². The molecule has 0 fully saturated rings. The zero-order valence-electron chi connectivity index (χ0n) is 12.2. The molecule has 120 valence electrons. The Hall–Kier alpha value is -2.63. The molecule has 0 spiro atoms. The van der Waals surface area contributed by atoms with E-state index in [1.165, 1.54) is 12.1 Å². The van der Waals surface area contributed by atoms with Gasteiger partial charge in [0, 0.05) is 28.9 Å². The van der Waals surface area contributed by atoms with E-state index in [1.54, 1.807) is 36.5 Å². The molecule has 0 bridgehead atoms. The van der Waals surface area contributed by atoms with E-state index in [4.69, 9.17) is 23.2 Å². The number of nitrogens with zero attached hydrogens (tertiary/aromatic N) is 2. The average molecular weight is 360 g/mol. The highest BCUT2D eigenvalue weighted by Crippen LogP contribution is 2.29. The summed E-state index contributed by atoms with van der Waals surface area (Å²) in [5.74, 6) is 0.648. The smallest absolute Gasteiger partial charge is 0.269 e. The lowest BCUT2D eigenvalue weighted by Gasteiger charge is -2.00. The van der Waals surface area contributed by atoms with Crippen molar-refractivity contribution in [2.45, 2.75) is 0 Å². The predicted octanol–water partition coefficient (Wildman–Crippen LogP) is 5.46. The third kappa shape index (κ3) is 3.64. The summed E-state index contributed by atoms with van der Waals surface area (Å²) in [7, 11) is 0. The number of non-ortho nitro benzene ring substituents is 1. The fourth-order valence-electron chi connectivity index (χ4n) is 2.14. The zero-order valence-corrected chi connectivity index (χ0v) is 13.8. The predicted molar refractivity (Wildman–Crippen MR) is 96.1 cm³/mol. The number of hydrogen-bond acceptors (Lipinski definition) is 3. The van der Waals surface area contributed by atoms with Crippen LogP contribution in [0, 0.1) is 10.1 Å². The van der Waals surface area contributed by atoms with Gasteiger partial charge < -0.3 is 4.98 Å². The van der Waals surface area contributed by atoms with Crippen LogP contribution in [0.5, 0.6) is 0 Å². The van der Waals surface area contributed by atoms with Gasteiger partial charge in [-0.1, -0.05) is 29.3 Å². The number of aromatic nitrogens is 2. The minimum Gasteiger partial charge on any atom is -0.344 e. The van der Waals surface area contributed by atoms with E-state index in [-0.39, 0.29) is 5.69 Å². The number of nitro benzene ring substituents is 1. The number of nitro groups is 1. The van der Waals surface area contributed by atoms with E-state index < -0.39 is 4.92 Å². The highest BCUT2D eigenvalue weighted by molar-refractivity contribution is 6.36. The van der Waals surface area contributed by atoms with Gasteiger partial charge in [-0.2, -0.15) is 0 Å². The molecule has 3 rings (SSSR count). The van der Waals surface area contributed by atoms with Gasteiger partial charge in [0.05, 0.1) is 15.6 Å². The third-order valence-electron chi connectivity index (χ3n) is 3.34. The summed E-state index contributed by atoms with van der Waals surface area (Å²) in [6, 6.07) is 11.5. The normalized spacial score (nSPS) is 11.1. The van der Waals surface area contributed by atoms with Gasteiger partial charge in [-0.15, -0.1) is 0 Å². The van der Waals surface area contributed by atoms with Crippen molar-refractivity contribution in [2.24, 2.45) is 0 Å². The number of aromatic amines is 1. The first-order valence-corrected chi connectivity index (χ1v) is 7.72. The molecule has 1 heterocycles. The molecule has 0 aliphatic heterocycles. The maximum Gasteiger partial charge on any atom is 0.269 e. The topological polar surface area (TPSA) is 71.8 Å². The van der Waals surface area contributed by atoms with Crippen molar-refractivity contribution >= 4 is 41.0 Å². The van der Waals surface area contributed by atoms with Crippen LogP contribution >= 0.6 is 23.2 Å². The SMILES string of the molecule is O=[N+]([O-])c1ccc(/C=C/c2nc(-c3ccc(Cl)cc3Cl)c[nH]2)cc1. The van der Waals surface area contributed by atoms with E-state index in [9.17, 15) is 10.1 Å². The van der Waals surface area contributed by atoms with Crippen molar-refractivity contribution in [3.63, 3.8) is 0 Å². The number of nitrogens with one attached hydrogen (secondary N) is 1. The average Bonchev–Trinajstić information content (AvgIpc) is 3.02. The Balaban J connectivity index is 1.79. The first-order valence-electron chi connectivity index (χ1n) is 6.96. The van der Waals surface area contributed by atoms with Gasteiger partial charge in [0.15, 0.2) is 0 Å². The number of imidazole rings is 1. The number of halogens is 2. The van der Waals surface area contributed by atoms with Crippen LogP contribution in [0.2, 0.25) is 10.0 Å². The molecule has 0 saturated carbocycles. The van der Waals surface area contributed by atoms with E-state index in [0.29, 0.717) is 21.6 Å². The van der Waals surface area contributed by atoms with Crippen molar-refractivity contribution in [2.75, 3.05) is 0 Å². The first kappa shape index (κ1) is 16.2. The van der Waals surface area contributed by atoms with Crippen LogP contribution in [0.15, 0.2) is 48.7 Å². The molecule has 7 heteroatoms. The molecule has 0 aliphatic carbocycles. The second kappa shape index (κ2) is 6.86. The summed E-state index contributed by atoms with van der Waals surface area (Å²) < 4.78 is 0. The van der Waals surface area contributed by atoms with E-state index in [1.807, 2.05) is 12.1 Å². The maximum absolute atomic E-state index is 10.6. The zero-order chi connectivity index (χ0) is 17.1. The molecule has 5 nitrogen and oxygen atoms in total. The standard InChI is InChI=1S/C17H11Cl2N3O2/c18-12-4-7-14(15(19)9-12)16-10-20-17(21-16)8-3-11-1-5-13(6-2-11)22(23)24/h1-10H,(H,20,21)/b8-3+. The van der Waals surface area contributed by atoms with Crippen molar-refractivity contribution in [1.82, 2.24) is 9.97 Å². The van der Waals surface area contributed by atoms with E-state index in [2.05, 4.69) is 9.97 Å². The van der Waals surface area contributed by atoms with Gasteiger partial charge in [0.25, 0.3) is 5.69 Å². The van der Waals surface area contributed by atoms with Gasteiger partial charge in [-0.25, -0.2) is 4.98 Å². The fraction of sp³-hybridized carbons (Fsp3) is 0. The van der Waals surface area contributed by atoms with Crippen LogP contribution in [0.1, 0.15) is 11.4 Å². The Morgan fingerprint density at radius 1 is 1.08 bits per heavy atom. The molecule has 1 N–H and O–H groups in total. The summed E-state index contributed by atoms with van der Waals surface area (Å²) in [4.78, 5) is 17.7. The molecular formula is C17H11Cl2N3O2. The minimum absolute atomic E-state index is 0.0600. The molecule has 0 aliphatic rings. The molecule has 2 aromatic carbocycles. The molecule has 0 unspecified atom stereocenters. The Bertz CT molecular complexity index is 918. The van der Waals surface area contributed by atoms with Crippen LogP contribution < -0.4 is 0 Å². The van der Waals surface area contributed by atoms with Gasteiger partial charge in [0.1, 0.15) is 5.82 Å². The van der Waals surface area contributed by atoms with Crippen LogP contribution in [0.3, 0.4) is 0 Å². The highest BCUT2D eigenvalue weighted by Gasteiger charge is 2.07. The number of hydrogen-bond donors (Lipinski definition) is 1. The molecule has 0 saturated heterocycles. The maximum atomic E-state index is 10.6. The molecular weight excluding hydrogens is 349 g/mol. The Labute approximate surface area is 147 Å². The van der Waals surface area contributed by atoms with Gasteiger partial charge in [-0.05, 0) is 42.0 Å². The lowest BCUT2D eigenvalue weighted by atomic mass is 10.2. The second-order valence-corrected chi connectivity index (χ2v) is 5.82. The van der Waals surface area contributed by atoms with Crippen LogP contribution in [-0.4, -0.2) is 14.9 Å². The summed E-state index contributed by atoms with van der Waals surface area (Å²) >= 11 is 12.1. The number of H-pyrrole nitrogens is 1. The van der Waals surface area contributed by atoms with Crippen molar-refractivity contribution in [1.29, 1.82) is 0 Å². The first-order chi connectivity index (χ1) is 11.5. The quantitative estimate of drug-likeness (QED) is 0.496. The Morgan fingerprint density at radius 3 is 2.50 bits per heavy atom. The van der Waals surface area contributed by atoms with Crippen molar-refractivity contribution in [3.8, 4) is 11.3 Å². The van der Waals surface area contributed by atoms with E-state index in [0.717, 1.165) is 11.1 Å². The third-order valence-corrected chi connectivity index (χ3v) is 3.89. The van der Waals surface area contributed by atoms with Crippen molar-refractivity contribution < 1.29 is 4.92 Å². The van der Waals surface area contributed by atoms with Gasteiger partial charge in [0.2, 0.25) is 0 Å². The van der Waals surface area contributed by atoms with Crippen molar-refractivity contribution in [3.05, 3.63) is 80.2 Å². The molecule has 0 amide bonds. The van der Waals surface area contributed by atoms with Gasteiger partial charge >= 0.3 is 0 Å². The lowest BCUT2D eigenvalue weighted by molar-refractivity contribution is -0.384. The lowest BCUT2D eigenvalue weighted by Crippen LogP contribution is -1.86. The second-order valence-electron chi connectivity index (χ2n) is 4.98. The largest absolute Gasteiger partial charge is 0.344 e. The number of benzene rings is 2. The Kier molecular flexibility index (Phi) is 4.64. The van der Waals surface area contributed by atoms with Crippen LogP contribution in [0.4, 0.5) is 5.69 Å². The van der Waals surface area contributed by atoms with Gasteiger partial charge in [-0.3, -0.25) is 10.1 Å². The minimum atomic E-state index is -0.428. The molecule has 0 atom stereocenters. The monoisotopic (exact) mass is 359 g/mol. The molecule has 3 aromatic rings. The Morgan fingerprint density at radius 2 is 1.83 bits per heavy atom. The highest BCUT2D eigenvalue weighted by atomic mass is 35.5. The van der Waals surface area contributed by atoms with E-state index >= 15 is 0 Å². The molecule has 0 radical (unpaired) electrons. The van der Waals surface area contributed by atoms with Crippen LogP contribution in [0.25, 0.3) is 23.4 Å². The summed E-state index contributed by atoms with van der Waals surface area (Å²) in [5.41, 5.74) is 2.39. The fourth-order valence-corrected chi connectivity index (χ4v) is 2.64. The summed E-state index contributed by atoms with van der Waals surface area (Å²) in [6.07, 6.45) is 5.36.